The van der Waals surface area contributed by atoms with Crippen LogP contribution < -0.4 is 0 Å². The third-order valence-corrected chi connectivity index (χ3v) is 2.34. The second kappa shape index (κ2) is 4.97. The van der Waals surface area contributed by atoms with Gasteiger partial charge in [-0.3, -0.25) is 0 Å². The molecule has 0 spiro atoms. The van der Waals surface area contributed by atoms with Crippen molar-refractivity contribution in [1.82, 2.24) is 0 Å². The summed E-state index contributed by atoms with van der Waals surface area (Å²) in [4.78, 5) is 2.83. The lowest BCUT2D eigenvalue weighted by atomic mass is 10.2. The summed E-state index contributed by atoms with van der Waals surface area (Å²) in [5.74, 6) is 0. The number of hydrogen-bond acceptors (Lipinski definition) is 1. The van der Waals surface area contributed by atoms with Gasteiger partial charge in [-0.15, -0.1) is 0 Å². The van der Waals surface area contributed by atoms with Crippen LogP contribution in [0.1, 0.15) is 5.56 Å². The molecular formula is C9H3Cl2F6N. The summed E-state index contributed by atoms with van der Waals surface area (Å²) in [5, 5.41) is -2.17. The van der Waals surface area contributed by atoms with Crippen LogP contribution in [0.2, 0.25) is 5.02 Å². The van der Waals surface area contributed by atoms with Gasteiger partial charge in [0, 0.05) is 0 Å². The van der Waals surface area contributed by atoms with Gasteiger partial charge in [0.05, 0.1) is 16.3 Å². The lowest BCUT2D eigenvalue weighted by molar-refractivity contribution is -0.137. The molecule has 1 nitrogen and oxygen atoms in total. The molecule has 0 N–H and O–H groups in total. The largest absolute Gasteiger partial charge is 0.444 e. The summed E-state index contributed by atoms with van der Waals surface area (Å²) < 4.78 is 73.2. The first-order valence-corrected chi connectivity index (χ1v) is 4.95. The highest BCUT2D eigenvalue weighted by Crippen LogP contribution is 2.36. The number of aliphatic imine (C=N–C) groups is 1. The molecule has 0 saturated carbocycles. The van der Waals surface area contributed by atoms with E-state index in [9.17, 15) is 26.3 Å². The smallest absolute Gasteiger partial charge is 0.231 e. The molecule has 1 aromatic carbocycles. The van der Waals surface area contributed by atoms with E-state index in [0.717, 1.165) is 6.07 Å². The number of halogens is 8. The SMILES string of the molecule is FC(F)(F)C(Cl)=Nc1cc(C(F)(F)F)ccc1Cl. The van der Waals surface area contributed by atoms with E-state index >= 15 is 0 Å². The predicted molar refractivity (Wildman–Crippen MR) is 55.5 cm³/mol. The van der Waals surface area contributed by atoms with E-state index in [1.54, 1.807) is 0 Å². The van der Waals surface area contributed by atoms with Gasteiger partial charge >= 0.3 is 12.4 Å². The van der Waals surface area contributed by atoms with E-state index in [2.05, 4.69) is 4.99 Å². The standard InChI is InChI=1S/C9H3Cl2F6N/c10-5-2-1-4(8(12,13)14)3-6(5)18-7(11)9(15,16)17/h1-3H. The lowest BCUT2D eigenvalue weighted by Crippen LogP contribution is -2.16. The highest BCUT2D eigenvalue weighted by Gasteiger charge is 2.35. The molecule has 0 radical (unpaired) electrons. The minimum Gasteiger partial charge on any atom is -0.231 e. The normalized spacial score (nSPS) is 13.9. The fourth-order valence-corrected chi connectivity index (χ4v) is 1.19. The molecule has 0 aromatic heterocycles. The van der Waals surface area contributed by atoms with E-state index in [1.807, 2.05) is 0 Å². The molecule has 0 aliphatic carbocycles. The van der Waals surface area contributed by atoms with Crippen LogP contribution in [0.4, 0.5) is 32.0 Å². The minimum atomic E-state index is -4.95. The fourth-order valence-electron chi connectivity index (χ4n) is 0.944. The van der Waals surface area contributed by atoms with Crippen LogP contribution in [-0.2, 0) is 6.18 Å². The van der Waals surface area contributed by atoms with Crippen molar-refractivity contribution in [2.24, 2.45) is 4.99 Å². The summed E-state index contributed by atoms with van der Waals surface area (Å²) in [6, 6.07) is 1.81. The number of alkyl halides is 6. The van der Waals surface area contributed by atoms with Gasteiger partial charge in [-0.05, 0) is 18.2 Å². The summed E-state index contributed by atoms with van der Waals surface area (Å²) in [5.41, 5.74) is -1.87. The van der Waals surface area contributed by atoms with Crippen LogP contribution in [0.25, 0.3) is 0 Å². The molecule has 0 saturated heterocycles. The Morgan fingerprint density at radius 2 is 1.61 bits per heavy atom. The van der Waals surface area contributed by atoms with Crippen molar-refractivity contribution in [3.8, 4) is 0 Å². The van der Waals surface area contributed by atoms with Gasteiger partial charge in [0.1, 0.15) is 0 Å². The van der Waals surface area contributed by atoms with E-state index in [1.165, 1.54) is 0 Å². The zero-order chi connectivity index (χ0) is 14.1. The first-order valence-electron chi connectivity index (χ1n) is 4.20. The predicted octanol–water partition coefficient (Wildman–Crippen LogP) is 5.19. The monoisotopic (exact) mass is 309 g/mol. The highest BCUT2D eigenvalue weighted by atomic mass is 35.5. The molecule has 100 valence electrons. The van der Waals surface area contributed by atoms with Crippen molar-refractivity contribution in [3.63, 3.8) is 0 Å². The number of rotatable bonds is 1. The first kappa shape index (κ1) is 15.1. The second-order valence-corrected chi connectivity index (χ2v) is 3.83. The Balaban J connectivity index is 3.26. The van der Waals surface area contributed by atoms with Crippen LogP contribution >= 0.6 is 23.2 Å². The van der Waals surface area contributed by atoms with E-state index in [0.29, 0.717) is 12.1 Å². The fraction of sp³-hybridized carbons (Fsp3) is 0.222. The summed E-state index contributed by atoms with van der Waals surface area (Å²) in [7, 11) is 0. The topological polar surface area (TPSA) is 12.4 Å². The molecule has 1 rings (SSSR count). The zero-order valence-electron chi connectivity index (χ0n) is 8.20. The Hall–Kier alpha value is -0.950. The summed E-state index contributed by atoms with van der Waals surface area (Å²) in [6.07, 6.45) is -9.65. The Morgan fingerprint density at radius 1 is 1.06 bits per heavy atom. The summed E-state index contributed by atoms with van der Waals surface area (Å²) >= 11 is 10.3. The van der Waals surface area contributed by atoms with Crippen LogP contribution in [0.15, 0.2) is 23.2 Å². The van der Waals surface area contributed by atoms with Crippen molar-refractivity contribution >= 4 is 34.1 Å². The average Bonchev–Trinajstić information content (AvgIpc) is 2.18. The number of nitrogens with zero attached hydrogens (tertiary/aromatic N) is 1. The zero-order valence-corrected chi connectivity index (χ0v) is 9.71. The third kappa shape index (κ3) is 3.78. The van der Waals surface area contributed by atoms with Crippen molar-refractivity contribution in [2.45, 2.75) is 12.4 Å². The summed E-state index contributed by atoms with van der Waals surface area (Å²) in [6.45, 7) is 0. The van der Waals surface area contributed by atoms with Crippen molar-refractivity contribution in [3.05, 3.63) is 28.8 Å². The molecule has 0 unspecified atom stereocenters. The van der Waals surface area contributed by atoms with Crippen molar-refractivity contribution in [1.29, 1.82) is 0 Å². The van der Waals surface area contributed by atoms with Crippen molar-refractivity contribution < 1.29 is 26.3 Å². The van der Waals surface area contributed by atoms with Crippen LogP contribution in [0.5, 0.6) is 0 Å². The molecule has 9 heteroatoms. The van der Waals surface area contributed by atoms with Gasteiger partial charge in [0.15, 0.2) is 0 Å². The number of benzene rings is 1. The second-order valence-electron chi connectivity index (χ2n) is 3.06. The molecule has 0 aliphatic rings. The van der Waals surface area contributed by atoms with Gasteiger partial charge in [-0.2, -0.15) is 26.3 Å². The maximum atomic E-state index is 12.3. The van der Waals surface area contributed by atoms with Crippen molar-refractivity contribution in [2.75, 3.05) is 0 Å². The van der Waals surface area contributed by atoms with Gasteiger partial charge in [0.25, 0.3) is 0 Å². The molecule has 0 bridgehead atoms. The van der Waals surface area contributed by atoms with Gasteiger partial charge in [-0.1, -0.05) is 23.2 Å². The minimum absolute atomic E-state index is 0.370. The molecule has 18 heavy (non-hydrogen) atoms. The third-order valence-electron chi connectivity index (χ3n) is 1.73. The molecule has 0 heterocycles. The lowest BCUT2D eigenvalue weighted by Gasteiger charge is -2.09. The molecule has 0 amide bonds. The molecule has 1 aromatic rings. The Labute approximate surface area is 107 Å². The number of hydrogen-bond donors (Lipinski definition) is 0. The first-order chi connectivity index (χ1) is 8.01. The Kier molecular flexibility index (Phi) is 4.17. The van der Waals surface area contributed by atoms with Gasteiger partial charge in [-0.25, -0.2) is 4.99 Å². The average molecular weight is 310 g/mol. The van der Waals surface area contributed by atoms with E-state index in [4.69, 9.17) is 23.2 Å². The Morgan fingerprint density at radius 3 is 2.06 bits per heavy atom. The molecule has 0 aliphatic heterocycles. The molecule has 0 atom stereocenters. The van der Waals surface area contributed by atoms with Crippen LogP contribution in [0, 0.1) is 0 Å². The Bertz CT molecular complexity index is 477. The van der Waals surface area contributed by atoms with Crippen LogP contribution in [-0.4, -0.2) is 11.3 Å². The van der Waals surface area contributed by atoms with Gasteiger partial charge in [0.2, 0.25) is 5.17 Å². The quantitative estimate of drug-likeness (QED) is 0.500. The van der Waals surface area contributed by atoms with Crippen LogP contribution in [0.3, 0.4) is 0 Å². The maximum Gasteiger partial charge on any atom is 0.444 e. The molecular weight excluding hydrogens is 307 g/mol. The maximum absolute atomic E-state index is 12.3. The van der Waals surface area contributed by atoms with E-state index in [-0.39, 0.29) is 5.02 Å². The van der Waals surface area contributed by atoms with Gasteiger partial charge < -0.3 is 0 Å². The molecule has 0 fully saturated rings. The van der Waals surface area contributed by atoms with E-state index < -0.39 is 28.8 Å². The highest BCUT2D eigenvalue weighted by molar-refractivity contribution is 6.67.